The second-order valence-corrected chi connectivity index (χ2v) is 10.5. The van der Waals surface area contributed by atoms with E-state index in [4.69, 9.17) is 0 Å². The summed E-state index contributed by atoms with van der Waals surface area (Å²) < 4.78 is 0. The van der Waals surface area contributed by atoms with Crippen molar-refractivity contribution < 1.29 is 30.4 Å². The van der Waals surface area contributed by atoms with Crippen LogP contribution >= 0.6 is 0 Å². The number of rotatable bonds is 25. The Bertz CT molecular complexity index is 720. The van der Waals surface area contributed by atoms with E-state index in [9.17, 15) is 30.4 Å². The summed E-state index contributed by atoms with van der Waals surface area (Å²) in [5.41, 5.74) is 2.65. The fourth-order valence-corrected chi connectivity index (χ4v) is 3.88. The highest BCUT2D eigenvalue weighted by atomic mass is 16.5. The Hall–Kier alpha value is -2.11. The number of hydroxylamine groups is 2. The third kappa shape index (κ3) is 18.7. The third-order valence-corrected chi connectivity index (χ3v) is 6.82. The third-order valence-electron chi connectivity index (χ3n) is 6.82. The van der Waals surface area contributed by atoms with Crippen molar-refractivity contribution in [1.29, 1.82) is 0 Å². The molecule has 0 aromatic heterocycles. The molecule has 0 aromatic rings. The van der Waals surface area contributed by atoms with Crippen molar-refractivity contribution in [3.05, 3.63) is 36.8 Å². The van der Waals surface area contributed by atoms with Crippen LogP contribution in [0.2, 0.25) is 0 Å². The zero-order chi connectivity index (χ0) is 29.8. The van der Waals surface area contributed by atoms with Crippen LogP contribution in [0.15, 0.2) is 36.8 Å². The van der Waals surface area contributed by atoms with E-state index in [2.05, 4.69) is 49.2 Å². The van der Waals surface area contributed by atoms with Crippen molar-refractivity contribution in [2.45, 2.75) is 109 Å². The minimum absolute atomic E-state index is 0.221. The topological polar surface area (TPSA) is 149 Å². The second-order valence-electron chi connectivity index (χ2n) is 10.5. The van der Waals surface area contributed by atoms with Gasteiger partial charge in [-0.1, -0.05) is 52.3 Å². The lowest BCUT2D eigenvalue weighted by Gasteiger charge is -2.23. The summed E-state index contributed by atoms with van der Waals surface area (Å²) in [4.78, 5) is 13.2. The van der Waals surface area contributed by atoms with Gasteiger partial charge in [-0.15, -0.1) is 0 Å². The molecule has 10 nitrogen and oxygen atoms in total. The fourth-order valence-electron chi connectivity index (χ4n) is 3.88. The summed E-state index contributed by atoms with van der Waals surface area (Å²) in [7, 11) is 2.07. The quantitative estimate of drug-likeness (QED) is 0.0512. The highest BCUT2D eigenvalue weighted by molar-refractivity contribution is 5.71. The fraction of sp³-hybridized carbons (Fsp3) is 0.759. The van der Waals surface area contributed by atoms with E-state index in [1.807, 2.05) is 0 Å². The molecule has 0 bridgehead atoms. The molecule has 0 aliphatic carbocycles. The van der Waals surface area contributed by atoms with Crippen LogP contribution in [-0.2, 0) is 4.79 Å². The predicted octanol–water partition coefficient (Wildman–Crippen LogP) is 2.63. The highest BCUT2D eigenvalue weighted by Crippen LogP contribution is 2.13. The lowest BCUT2D eigenvalue weighted by atomic mass is 10.0. The van der Waals surface area contributed by atoms with E-state index in [0.717, 1.165) is 49.8 Å². The zero-order valence-electron chi connectivity index (χ0n) is 24.6. The maximum Gasteiger partial charge on any atom is 0.242 e. The van der Waals surface area contributed by atoms with Gasteiger partial charge in [-0.25, -0.2) is 5.06 Å². The van der Waals surface area contributed by atoms with Gasteiger partial charge in [-0.2, -0.15) is 0 Å². The van der Waals surface area contributed by atoms with Crippen molar-refractivity contribution >= 4 is 5.91 Å². The van der Waals surface area contributed by atoms with Crippen molar-refractivity contribution in [2.24, 2.45) is 0 Å². The SMILES string of the molecule is C=C(CCCCC(O)C(O)CNC(=C)CCC(=C)N(C)CCCCCC)NCCC(O)C(O)CN(O)C(C)=O. The lowest BCUT2D eigenvalue weighted by molar-refractivity contribution is -0.171. The van der Waals surface area contributed by atoms with Gasteiger partial charge >= 0.3 is 0 Å². The summed E-state index contributed by atoms with van der Waals surface area (Å²) in [5, 5.41) is 56.3. The average Bonchev–Trinajstić information content (AvgIpc) is 2.89. The lowest BCUT2D eigenvalue weighted by Crippen LogP contribution is -2.40. The molecule has 7 N–H and O–H groups in total. The first-order valence-electron chi connectivity index (χ1n) is 14.3. The summed E-state index contributed by atoms with van der Waals surface area (Å²) >= 11 is 0. The Morgan fingerprint density at radius 1 is 0.795 bits per heavy atom. The number of aliphatic hydroxyl groups is 4. The molecule has 39 heavy (non-hydrogen) atoms. The number of carbonyl (C=O) groups is 1. The molecule has 0 fully saturated rings. The molecule has 4 unspecified atom stereocenters. The highest BCUT2D eigenvalue weighted by Gasteiger charge is 2.20. The summed E-state index contributed by atoms with van der Waals surface area (Å²) in [6, 6.07) is 0. The molecule has 0 heterocycles. The molecule has 0 radical (unpaired) electrons. The molecule has 1 amide bonds. The van der Waals surface area contributed by atoms with E-state index >= 15 is 0 Å². The molecule has 228 valence electrons. The average molecular weight is 557 g/mol. The number of aliphatic hydroxyl groups excluding tert-OH is 4. The Kier molecular flexibility index (Phi) is 20.5. The number of allylic oxidation sites excluding steroid dienone is 3. The summed E-state index contributed by atoms with van der Waals surface area (Å²) in [5.74, 6) is -0.610. The van der Waals surface area contributed by atoms with Gasteiger partial charge in [-0.3, -0.25) is 10.0 Å². The van der Waals surface area contributed by atoms with Gasteiger partial charge in [0.1, 0.15) is 0 Å². The maximum absolute atomic E-state index is 11.0. The maximum atomic E-state index is 11.0. The number of nitrogens with zero attached hydrogens (tertiary/aromatic N) is 2. The van der Waals surface area contributed by atoms with Gasteiger partial charge in [0, 0.05) is 50.7 Å². The molecule has 0 saturated carbocycles. The van der Waals surface area contributed by atoms with E-state index in [1.165, 1.54) is 25.7 Å². The van der Waals surface area contributed by atoms with Crippen LogP contribution in [0.5, 0.6) is 0 Å². The van der Waals surface area contributed by atoms with Crippen LogP contribution in [0.25, 0.3) is 0 Å². The first kappa shape index (κ1) is 36.9. The van der Waals surface area contributed by atoms with Crippen LogP contribution in [-0.4, -0.2) is 99.1 Å². The van der Waals surface area contributed by atoms with Gasteiger partial charge in [0.05, 0.1) is 31.0 Å². The van der Waals surface area contributed by atoms with Gasteiger partial charge in [0.25, 0.3) is 0 Å². The largest absolute Gasteiger partial charge is 0.390 e. The molecular formula is C29H56N4O6. The van der Waals surface area contributed by atoms with Gasteiger partial charge < -0.3 is 36.0 Å². The standard InChI is InChI=1S/C29H56N4O6/c1-7-8-9-12-19-32(6)24(4)16-15-23(3)31-20-28(37)26(35)14-11-10-13-22(2)30-18-17-27(36)29(38)21-33(39)25(5)34/h26-31,35-39H,2-4,7-21H2,1,5-6H3. The van der Waals surface area contributed by atoms with Gasteiger partial charge in [-0.05, 0) is 44.9 Å². The Morgan fingerprint density at radius 2 is 1.44 bits per heavy atom. The number of nitrogens with one attached hydrogen (secondary N) is 2. The number of hydrogen-bond acceptors (Lipinski definition) is 9. The van der Waals surface area contributed by atoms with E-state index in [0.29, 0.717) is 30.9 Å². The van der Waals surface area contributed by atoms with Crippen LogP contribution in [0, 0.1) is 0 Å². The van der Waals surface area contributed by atoms with E-state index in [-0.39, 0.29) is 19.5 Å². The van der Waals surface area contributed by atoms with Crippen molar-refractivity contribution in [2.75, 3.05) is 33.2 Å². The van der Waals surface area contributed by atoms with Crippen molar-refractivity contribution in [3.63, 3.8) is 0 Å². The van der Waals surface area contributed by atoms with Crippen LogP contribution < -0.4 is 10.6 Å². The molecule has 0 saturated heterocycles. The van der Waals surface area contributed by atoms with Crippen LogP contribution in [0.1, 0.15) is 84.5 Å². The number of unbranched alkanes of at least 4 members (excludes halogenated alkanes) is 4. The zero-order valence-corrected chi connectivity index (χ0v) is 24.6. The van der Waals surface area contributed by atoms with E-state index < -0.39 is 30.3 Å². The molecular weight excluding hydrogens is 500 g/mol. The number of carbonyl (C=O) groups excluding carboxylic acids is 1. The molecule has 0 aromatic carbocycles. The number of amides is 1. The second kappa shape index (κ2) is 21.7. The minimum Gasteiger partial charge on any atom is -0.390 e. The normalized spacial score (nSPS) is 14.2. The van der Waals surface area contributed by atoms with Crippen LogP contribution in [0.4, 0.5) is 0 Å². The van der Waals surface area contributed by atoms with Gasteiger partial charge in [0.15, 0.2) is 0 Å². The number of hydrogen-bond donors (Lipinski definition) is 7. The molecule has 10 heteroatoms. The molecule has 4 atom stereocenters. The molecule has 0 spiro atoms. The summed E-state index contributed by atoms with van der Waals surface area (Å²) in [6.45, 7) is 16.8. The Balaban J connectivity index is 3.97. The Morgan fingerprint density at radius 3 is 2.08 bits per heavy atom. The molecule has 0 aliphatic heterocycles. The van der Waals surface area contributed by atoms with Crippen LogP contribution in [0.3, 0.4) is 0 Å². The summed E-state index contributed by atoms with van der Waals surface area (Å²) in [6.07, 6.45) is 5.17. The predicted molar refractivity (Wildman–Crippen MR) is 156 cm³/mol. The first-order valence-corrected chi connectivity index (χ1v) is 14.3. The monoisotopic (exact) mass is 556 g/mol. The van der Waals surface area contributed by atoms with Gasteiger partial charge in [0.2, 0.25) is 5.91 Å². The minimum atomic E-state index is -1.25. The smallest absolute Gasteiger partial charge is 0.242 e. The first-order chi connectivity index (χ1) is 18.4. The van der Waals surface area contributed by atoms with Crippen molar-refractivity contribution in [3.8, 4) is 0 Å². The Labute approximate surface area is 236 Å². The van der Waals surface area contributed by atoms with E-state index in [1.54, 1.807) is 0 Å². The molecule has 0 rings (SSSR count). The molecule has 0 aliphatic rings. The van der Waals surface area contributed by atoms with Crippen molar-refractivity contribution in [1.82, 2.24) is 20.6 Å².